The van der Waals surface area contributed by atoms with Crippen molar-refractivity contribution in [3.05, 3.63) is 0 Å². The van der Waals surface area contributed by atoms with Gasteiger partial charge in [0, 0.05) is 0 Å². The van der Waals surface area contributed by atoms with Crippen molar-refractivity contribution in [2.45, 2.75) is 56.8 Å². The monoisotopic (exact) mass is 278 g/mol. The molecule has 0 bridgehead atoms. The molecular formula is C13H26O2S2. The van der Waals surface area contributed by atoms with Crippen molar-refractivity contribution < 1.29 is 10.2 Å². The molecule has 1 fully saturated rings. The van der Waals surface area contributed by atoms with Crippen LogP contribution in [0.2, 0.25) is 0 Å². The minimum atomic E-state index is -0.580. The van der Waals surface area contributed by atoms with E-state index in [1.807, 2.05) is 13.8 Å². The predicted octanol–water partition coefficient (Wildman–Crippen LogP) is 2.98. The van der Waals surface area contributed by atoms with Crippen molar-refractivity contribution in [3.8, 4) is 0 Å². The van der Waals surface area contributed by atoms with Crippen LogP contribution in [0.1, 0.15) is 40.0 Å². The molecule has 4 heteroatoms. The van der Waals surface area contributed by atoms with Gasteiger partial charge in [-0.25, -0.2) is 0 Å². The Balaban J connectivity index is 2.25. The van der Waals surface area contributed by atoms with Gasteiger partial charge in [-0.1, -0.05) is 20.8 Å². The lowest BCUT2D eigenvalue weighted by Crippen LogP contribution is -2.32. The lowest BCUT2D eigenvalue weighted by molar-refractivity contribution is -0.0193. The van der Waals surface area contributed by atoms with Gasteiger partial charge in [0.15, 0.2) is 0 Å². The zero-order valence-electron chi connectivity index (χ0n) is 11.1. The smallest absolute Gasteiger partial charge is 0.0822 e. The largest absolute Gasteiger partial charge is 0.390 e. The van der Waals surface area contributed by atoms with Gasteiger partial charge in [-0.05, 0) is 42.6 Å². The van der Waals surface area contributed by atoms with Crippen LogP contribution in [-0.2, 0) is 0 Å². The van der Waals surface area contributed by atoms with Gasteiger partial charge in [0.1, 0.15) is 0 Å². The maximum atomic E-state index is 9.92. The van der Waals surface area contributed by atoms with Gasteiger partial charge < -0.3 is 10.2 Å². The van der Waals surface area contributed by atoms with E-state index < -0.39 is 12.2 Å². The minimum absolute atomic E-state index is 0.135. The Morgan fingerprint density at radius 3 is 2.24 bits per heavy atom. The summed E-state index contributed by atoms with van der Waals surface area (Å²) in [5, 5.41) is 19.7. The lowest BCUT2D eigenvalue weighted by atomic mass is 9.93. The summed E-state index contributed by atoms with van der Waals surface area (Å²) >= 11 is 4.10. The second-order valence-electron chi connectivity index (χ2n) is 5.40. The van der Waals surface area contributed by atoms with Gasteiger partial charge in [-0.3, -0.25) is 0 Å². The first-order valence-corrected chi connectivity index (χ1v) is 8.69. The molecule has 1 rings (SSSR count). The molecule has 1 heterocycles. The second-order valence-corrected chi connectivity index (χ2v) is 8.32. The molecule has 0 unspecified atom stereocenters. The molecule has 0 radical (unpaired) electrons. The fourth-order valence-corrected chi connectivity index (χ4v) is 5.32. The topological polar surface area (TPSA) is 40.5 Å². The van der Waals surface area contributed by atoms with Crippen LogP contribution >= 0.6 is 23.5 Å². The summed E-state index contributed by atoms with van der Waals surface area (Å²) < 4.78 is 0.696. The normalized spacial score (nSPS) is 23.6. The number of rotatable bonds is 6. The van der Waals surface area contributed by atoms with E-state index in [1.54, 1.807) is 0 Å². The zero-order chi connectivity index (χ0) is 12.8. The maximum Gasteiger partial charge on any atom is 0.0822 e. The maximum absolute atomic E-state index is 9.92. The molecule has 1 saturated heterocycles. The molecule has 0 amide bonds. The van der Waals surface area contributed by atoms with E-state index in [9.17, 15) is 10.2 Å². The predicted molar refractivity (Wildman–Crippen MR) is 78.6 cm³/mol. The highest BCUT2D eigenvalue weighted by Crippen LogP contribution is 2.35. The van der Waals surface area contributed by atoms with Gasteiger partial charge in [-0.15, -0.1) is 23.5 Å². The summed E-state index contributed by atoms with van der Waals surface area (Å²) in [6.07, 6.45) is 2.05. The number of aliphatic hydroxyl groups is 2. The van der Waals surface area contributed by atoms with Crippen LogP contribution < -0.4 is 0 Å². The minimum Gasteiger partial charge on any atom is -0.390 e. The summed E-state index contributed by atoms with van der Waals surface area (Å²) in [5.74, 6) is 3.18. The number of aliphatic hydroxyl groups excluding tert-OH is 2. The first-order chi connectivity index (χ1) is 8.00. The highest BCUT2D eigenvalue weighted by molar-refractivity contribution is 8.17. The van der Waals surface area contributed by atoms with E-state index in [0.29, 0.717) is 10.5 Å². The van der Waals surface area contributed by atoms with E-state index in [0.717, 1.165) is 12.8 Å². The molecular weight excluding hydrogens is 252 g/mol. The molecule has 2 nitrogen and oxygen atoms in total. The summed E-state index contributed by atoms with van der Waals surface area (Å²) in [5.41, 5.74) is 0. The Labute approximate surface area is 114 Å². The van der Waals surface area contributed by atoms with Crippen molar-refractivity contribution in [3.63, 3.8) is 0 Å². The second kappa shape index (κ2) is 7.93. The van der Waals surface area contributed by atoms with Crippen LogP contribution in [0.4, 0.5) is 0 Å². The average Bonchev–Trinajstić information content (AvgIpc) is 2.28. The van der Waals surface area contributed by atoms with Gasteiger partial charge in [-0.2, -0.15) is 0 Å². The quantitative estimate of drug-likeness (QED) is 0.784. The standard InChI is InChI=1S/C13H26O2S2/c1-9(2)13(15)11(14)7-10(3)8-12-16-5-4-6-17-12/h9-15H,4-8H2,1-3H3/t10-,11-,13-/m1/s1. The van der Waals surface area contributed by atoms with E-state index in [4.69, 9.17) is 0 Å². The van der Waals surface area contributed by atoms with Gasteiger partial charge >= 0.3 is 0 Å². The molecule has 0 spiro atoms. The van der Waals surface area contributed by atoms with Crippen molar-refractivity contribution in [1.82, 2.24) is 0 Å². The van der Waals surface area contributed by atoms with Crippen molar-refractivity contribution in [2.75, 3.05) is 11.5 Å². The van der Waals surface area contributed by atoms with Crippen molar-refractivity contribution >= 4 is 23.5 Å². The van der Waals surface area contributed by atoms with Crippen LogP contribution in [0.15, 0.2) is 0 Å². The molecule has 0 aromatic carbocycles. The van der Waals surface area contributed by atoms with Gasteiger partial charge in [0.2, 0.25) is 0 Å². The number of thioether (sulfide) groups is 2. The van der Waals surface area contributed by atoms with Crippen molar-refractivity contribution in [1.29, 1.82) is 0 Å². The number of hydrogen-bond donors (Lipinski definition) is 2. The fraction of sp³-hybridized carbons (Fsp3) is 1.00. The van der Waals surface area contributed by atoms with Crippen LogP contribution in [-0.4, -0.2) is 38.5 Å². The summed E-state index contributed by atoms with van der Waals surface area (Å²) in [6.45, 7) is 6.09. The summed E-state index contributed by atoms with van der Waals surface area (Å²) in [6, 6.07) is 0. The molecule has 17 heavy (non-hydrogen) atoms. The average molecular weight is 278 g/mol. The third kappa shape index (κ3) is 5.86. The van der Waals surface area contributed by atoms with Gasteiger partial charge in [0.25, 0.3) is 0 Å². The van der Waals surface area contributed by atoms with Crippen LogP contribution in [0.25, 0.3) is 0 Å². The highest BCUT2D eigenvalue weighted by Gasteiger charge is 2.24. The fourth-order valence-electron chi connectivity index (χ4n) is 2.09. The lowest BCUT2D eigenvalue weighted by Gasteiger charge is -2.27. The number of hydrogen-bond acceptors (Lipinski definition) is 4. The van der Waals surface area contributed by atoms with Gasteiger partial charge in [0.05, 0.1) is 16.8 Å². The van der Waals surface area contributed by atoms with Crippen molar-refractivity contribution in [2.24, 2.45) is 11.8 Å². The summed E-state index contributed by atoms with van der Waals surface area (Å²) in [4.78, 5) is 0. The molecule has 3 atom stereocenters. The molecule has 2 N–H and O–H groups in total. The highest BCUT2D eigenvalue weighted by atomic mass is 32.2. The first-order valence-electron chi connectivity index (χ1n) is 6.60. The SMILES string of the molecule is CC(C)[C@@H](O)[C@H](O)C[C@@H](C)CC1SCCCS1. The Kier molecular flexibility index (Phi) is 7.31. The molecule has 0 aromatic rings. The van der Waals surface area contributed by atoms with Crippen LogP contribution in [0.5, 0.6) is 0 Å². The molecule has 0 saturated carbocycles. The Morgan fingerprint density at radius 1 is 1.12 bits per heavy atom. The third-order valence-electron chi connectivity index (χ3n) is 3.21. The van der Waals surface area contributed by atoms with E-state index in [2.05, 4.69) is 30.4 Å². The Bertz CT molecular complexity index is 206. The third-order valence-corrected chi connectivity index (χ3v) is 6.21. The summed E-state index contributed by atoms with van der Waals surface area (Å²) in [7, 11) is 0. The van der Waals surface area contributed by atoms with E-state index in [1.165, 1.54) is 17.9 Å². The molecule has 1 aliphatic heterocycles. The Hall–Kier alpha value is 0.620. The first kappa shape index (κ1) is 15.7. The molecule has 102 valence electrons. The molecule has 0 aliphatic carbocycles. The zero-order valence-corrected chi connectivity index (χ0v) is 12.8. The van der Waals surface area contributed by atoms with E-state index >= 15 is 0 Å². The van der Waals surface area contributed by atoms with Crippen LogP contribution in [0, 0.1) is 11.8 Å². The van der Waals surface area contributed by atoms with E-state index in [-0.39, 0.29) is 5.92 Å². The molecule has 1 aliphatic rings. The Morgan fingerprint density at radius 2 is 1.71 bits per heavy atom. The molecule has 0 aromatic heterocycles. The van der Waals surface area contributed by atoms with Crippen LogP contribution in [0.3, 0.4) is 0 Å².